The molecule has 9 rings (SSSR count). The molecule has 0 aliphatic rings. The van der Waals surface area contributed by atoms with E-state index in [-0.39, 0.29) is 31.2 Å². The van der Waals surface area contributed by atoms with Gasteiger partial charge in [-0.25, -0.2) is 4.79 Å². The highest BCUT2D eigenvalue weighted by molar-refractivity contribution is 6.37. The minimum absolute atomic E-state index is 0.122. The fourth-order valence-corrected chi connectivity index (χ4v) is 8.13. The summed E-state index contributed by atoms with van der Waals surface area (Å²) in [6.07, 6.45) is 0.0591. The smallest absolute Gasteiger partial charge is 0.343 e. The van der Waals surface area contributed by atoms with Gasteiger partial charge in [0, 0.05) is 101 Å². The van der Waals surface area contributed by atoms with Gasteiger partial charge in [0.05, 0.1) is 5.56 Å². The van der Waals surface area contributed by atoms with Crippen LogP contribution in [0, 0.1) is 0 Å². The standard InChI is InChI=1S/C18H17NO4.C11H14N2O2.5C10H11NO2.C9H9NO3/c1-2-16(20)17(21)19-12-13-8-10-15(11-9-13)23-18(22)14-6-4-3-5-7-14;1-12-10(14)7-11(15)13-8-9-5-3-2-4-6-9;5*1-8(12)10(13)11-7-9-5-3-2-4-6-9;1-7(11)9(12)10-13-8-5-3-2-4-6-8/h3-11H,2,12H2,1H3,(H,19,21);2-6H,7-8H2,1H3,(H,12,14)(H,13,15);5*2-6H,7H2,1H3,(H,11,13);2-6H,1H3,(H,10,12). The van der Waals surface area contributed by atoms with Gasteiger partial charge in [-0.2, -0.15) is 5.48 Å². The van der Waals surface area contributed by atoms with Crippen molar-refractivity contribution in [3.05, 3.63) is 311 Å². The summed E-state index contributed by atoms with van der Waals surface area (Å²) in [4.78, 5) is 190. The van der Waals surface area contributed by atoms with E-state index in [1.165, 1.54) is 48.6 Å². The first-order valence-electron chi connectivity index (χ1n) is 35.9. The number of Topliss-reactive ketones (excluding diaryl/α,β-unsaturated/α-hetero) is 7. The van der Waals surface area contributed by atoms with Crippen molar-refractivity contribution in [1.29, 1.82) is 0 Å². The Morgan fingerprint density at radius 1 is 0.259 bits per heavy atom. The number of esters is 1. The molecule has 0 aliphatic carbocycles. The van der Waals surface area contributed by atoms with E-state index in [4.69, 9.17) is 9.57 Å². The van der Waals surface area contributed by atoms with E-state index in [9.17, 15) is 81.5 Å². The molecule has 0 aromatic heterocycles. The predicted molar refractivity (Wildman–Crippen MR) is 433 cm³/mol. The van der Waals surface area contributed by atoms with Crippen molar-refractivity contribution in [2.24, 2.45) is 0 Å². The summed E-state index contributed by atoms with van der Waals surface area (Å²) in [5, 5.41) is 20.1. The fraction of sp³-hybridized carbons (Fsp3) is 0.193. The number of hydrogen-bond acceptors (Lipinski definition) is 19. The third kappa shape index (κ3) is 46.6. The monoisotopic (exact) mass is 1580 g/mol. The van der Waals surface area contributed by atoms with E-state index in [0.717, 1.165) is 38.9 Å². The van der Waals surface area contributed by atoms with Crippen LogP contribution in [0.1, 0.15) is 111 Å². The minimum atomic E-state index is -0.760. The molecule has 9 amide bonds. The third-order valence-electron chi connectivity index (χ3n) is 14.5. The number of nitrogens with one attached hydrogen (secondary N) is 9. The molecule has 28 nitrogen and oxygen atoms in total. The van der Waals surface area contributed by atoms with Gasteiger partial charge >= 0.3 is 11.9 Å². The number of hydrogen-bond donors (Lipinski definition) is 9. The van der Waals surface area contributed by atoms with E-state index >= 15 is 0 Å². The Kier molecular flexibility index (Phi) is 48.7. The van der Waals surface area contributed by atoms with Crippen LogP contribution in [-0.4, -0.2) is 107 Å². The number of ether oxygens (including phenoxy) is 1. The number of amides is 9. The van der Waals surface area contributed by atoms with Crippen LogP contribution in [0.5, 0.6) is 11.5 Å². The fourth-order valence-electron chi connectivity index (χ4n) is 8.13. The van der Waals surface area contributed by atoms with Gasteiger partial charge in [-0.15, -0.1) is 0 Å². The molecule has 0 heterocycles. The third-order valence-corrected chi connectivity index (χ3v) is 14.5. The van der Waals surface area contributed by atoms with Gasteiger partial charge < -0.3 is 52.1 Å². The number of rotatable bonds is 28. The van der Waals surface area contributed by atoms with Crippen LogP contribution in [0.15, 0.2) is 267 Å². The first kappa shape index (κ1) is 97.2. The second-order valence-corrected chi connectivity index (χ2v) is 24.0. The van der Waals surface area contributed by atoms with E-state index < -0.39 is 87.8 Å². The van der Waals surface area contributed by atoms with Crippen LogP contribution < -0.4 is 57.6 Å². The highest BCUT2D eigenvalue weighted by Crippen LogP contribution is 2.15. The van der Waals surface area contributed by atoms with Crippen molar-refractivity contribution in [2.75, 3.05) is 7.05 Å². The number of benzene rings is 9. The molecule has 0 fully saturated rings. The molecule has 0 spiro atoms. The predicted octanol–water partition coefficient (Wildman–Crippen LogP) is 8.08. The van der Waals surface area contributed by atoms with Crippen LogP contribution >= 0.6 is 0 Å². The molecule has 0 atom stereocenters. The quantitative estimate of drug-likeness (QED) is 0.00735. The van der Waals surface area contributed by atoms with Crippen molar-refractivity contribution in [1.82, 2.24) is 48.0 Å². The molecule has 606 valence electrons. The summed E-state index contributed by atoms with van der Waals surface area (Å²) in [6.45, 7) is 11.8. The van der Waals surface area contributed by atoms with Crippen LogP contribution in [0.2, 0.25) is 0 Å². The lowest BCUT2D eigenvalue weighted by molar-refractivity contribution is -0.140. The molecular weight excluding hydrogens is 1490 g/mol. The minimum Gasteiger partial charge on any atom is -0.423 e. The highest BCUT2D eigenvalue weighted by Gasteiger charge is 2.14. The molecule has 0 aliphatic heterocycles. The zero-order chi connectivity index (χ0) is 85.8. The summed E-state index contributed by atoms with van der Waals surface area (Å²) in [7, 11) is 1.51. The van der Waals surface area contributed by atoms with Gasteiger partial charge in [-0.1, -0.05) is 237 Å². The maximum atomic E-state index is 11.9. The van der Waals surface area contributed by atoms with Gasteiger partial charge in [0.25, 0.3) is 35.4 Å². The average molecular weight is 1580 g/mol. The van der Waals surface area contributed by atoms with Crippen LogP contribution in [0.25, 0.3) is 0 Å². The molecule has 0 saturated heterocycles. The largest absolute Gasteiger partial charge is 0.423 e. The van der Waals surface area contributed by atoms with Gasteiger partial charge in [-0.3, -0.25) is 76.7 Å². The number of para-hydroxylation sites is 1. The average Bonchev–Trinajstić information content (AvgIpc) is 0.871. The van der Waals surface area contributed by atoms with Crippen molar-refractivity contribution in [3.8, 4) is 11.5 Å². The summed E-state index contributed by atoms with van der Waals surface area (Å²) in [5.41, 5.74) is 9.22. The maximum absolute atomic E-state index is 11.9. The van der Waals surface area contributed by atoms with Gasteiger partial charge in [-0.05, 0) is 75.3 Å². The van der Waals surface area contributed by atoms with E-state index in [1.807, 2.05) is 200 Å². The highest BCUT2D eigenvalue weighted by atomic mass is 16.7. The Hall–Kier alpha value is -14.8. The Morgan fingerprint density at radius 2 is 0.500 bits per heavy atom. The molecule has 0 radical (unpaired) electrons. The summed E-state index contributed by atoms with van der Waals surface area (Å²) < 4.78 is 5.26. The van der Waals surface area contributed by atoms with E-state index in [1.54, 1.807) is 79.7 Å². The Labute approximate surface area is 672 Å². The van der Waals surface area contributed by atoms with Crippen molar-refractivity contribution in [2.45, 2.75) is 107 Å². The molecule has 28 heteroatoms. The lowest BCUT2D eigenvalue weighted by atomic mass is 10.2. The Balaban J connectivity index is 0.000000454. The number of ketones is 7. The van der Waals surface area contributed by atoms with Crippen LogP contribution in [-0.2, 0) is 123 Å². The summed E-state index contributed by atoms with van der Waals surface area (Å²) >= 11 is 0. The number of carbonyl (C=O) groups excluding carboxylic acids is 17. The molecular formula is C88H95N9O19. The van der Waals surface area contributed by atoms with Crippen molar-refractivity contribution < 1.29 is 91.1 Å². The van der Waals surface area contributed by atoms with E-state index in [0.29, 0.717) is 56.3 Å². The molecule has 9 N–H and O–H groups in total. The van der Waals surface area contributed by atoms with Crippen LogP contribution in [0.3, 0.4) is 0 Å². The Bertz CT molecular complexity index is 4100. The Morgan fingerprint density at radius 3 is 0.759 bits per heavy atom. The zero-order valence-electron chi connectivity index (χ0n) is 65.5. The first-order valence-corrected chi connectivity index (χ1v) is 35.9. The molecule has 0 unspecified atom stereocenters. The zero-order valence-corrected chi connectivity index (χ0v) is 65.5. The first-order chi connectivity index (χ1) is 55.5. The summed E-state index contributed by atoms with van der Waals surface area (Å²) in [6, 6.07) is 80.9. The number of hydroxylamine groups is 1. The summed E-state index contributed by atoms with van der Waals surface area (Å²) in [5.74, 6) is -7.46. The second kappa shape index (κ2) is 58.1. The topological polar surface area (TPSA) is 417 Å². The SMILES string of the molecule is CC(=O)C(=O)NCc1ccccc1.CC(=O)C(=O)NCc1ccccc1.CC(=O)C(=O)NCc1ccccc1.CC(=O)C(=O)NCc1ccccc1.CC(=O)C(=O)NCc1ccccc1.CC(=O)C(=O)NOc1ccccc1.CCC(=O)C(=O)NCc1ccc(OC(=O)c2ccccc2)cc1.CNC(=O)CC(=O)NCc1ccccc1. The second-order valence-electron chi connectivity index (χ2n) is 24.0. The van der Waals surface area contributed by atoms with Gasteiger partial charge in [0.15, 0.2) is 5.75 Å². The normalized spacial score (nSPS) is 9.41. The van der Waals surface area contributed by atoms with Gasteiger partial charge in [0.1, 0.15) is 12.2 Å². The molecule has 9 aromatic carbocycles. The van der Waals surface area contributed by atoms with E-state index in [2.05, 4.69) is 42.5 Å². The van der Waals surface area contributed by atoms with Crippen LogP contribution in [0.4, 0.5) is 0 Å². The van der Waals surface area contributed by atoms with Crippen molar-refractivity contribution >= 4 is 99.6 Å². The number of carbonyl (C=O) groups is 17. The maximum Gasteiger partial charge on any atom is 0.343 e. The molecule has 0 saturated carbocycles. The van der Waals surface area contributed by atoms with Gasteiger partial charge in [0.2, 0.25) is 52.3 Å². The van der Waals surface area contributed by atoms with Crippen molar-refractivity contribution in [3.63, 3.8) is 0 Å². The lowest BCUT2D eigenvalue weighted by Gasteiger charge is -2.07. The molecule has 116 heavy (non-hydrogen) atoms. The molecule has 0 bridgehead atoms. The molecule has 9 aromatic rings. The lowest BCUT2D eigenvalue weighted by Crippen LogP contribution is -2.31.